The van der Waals surface area contributed by atoms with Gasteiger partial charge in [-0.2, -0.15) is 0 Å². The van der Waals surface area contributed by atoms with Gasteiger partial charge in [-0.15, -0.1) is 0 Å². The molecule has 2 N–H and O–H groups in total. The van der Waals surface area contributed by atoms with Crippen molar-refractivity contribution >= 4 is 0 Å². The van der Waals surface area contributed by atoms with E-state index in [0.717, 1.165) is 19.5 Å². The standard InChI is InChI=1S/C12H29N3O/c1-11(16-6)12(2,10-13)15(5)9-7-8-14(3)4/h11H,7-10,13H2,1-6H3. The highest BCUT2D eigenvalue weighted by molar-refractivity contribution is 4.91. The van der Waals surface area contributed by atoms with E-state index < -0.39 is 0 Å². The molecule has 0 radical (unpaired) electrons. The Balaban J connectivity index is 4.24. The van der Waals surface area contributed by atoms with E-state index in [9.17, 15) is 0 Å². The quantitative estimate of drug-likeness (QED) is 0.665. The molecule has 98 valence electrons. The van der Waals surface area contributed by atoms with Gasteiger partial charge in [0.25, 0.3) is 0 Å². The van der Waals surface area contributed by atoms with E-state index in [1.807, 2.05) is 0 Å². The van der Waals surface area contributed by atoms with Gasteiger partial charge in [-0.05, 0) is 54.5 Å². The normalized spacial score (nSPS) is 17.8. The van der Waals surface area contributed by atoms with Gasteiger partial charge in [-0.1, -0.05) is 0 Å². The SMILES string of the molecule is COC(C)C(C)(CN)N(C)CCCN(C)C. The van der Waals surface area contributed by atoms with Crippen molar-refractivity contribution in [1.29, 1.82) is 0 Å². The Labute approximate surface area is 101 Å². The second-order valence-electron chi connectivity index (χ2n) is 5.02. The second-order valence-corrected chi connectivity index (χ2v) is 5.02. The van der Waals surface area contributed by atoms with Gasteiger partial charge in [0.05, 0.1) is 11.6 Å². The molecule has 4 heteroatoms. The molecule has 0 aliphatic carbocycles. The number of nitrogens with zero attached hydrogens (tertiary/aromatic N) is 2. The topological polar surface area (TPSA) is 41.7 Å². The maximum atomic E-state index is 5.88. The number of hydrogen-bond acceptors (Lipinski definition) is 4. The molecule has 0 aliphatic rings. The molecule has 0 saturated heterocycles. The lowest BCUT2D eigenvalue weighted by atomic mass is 9.93. The molecule has 0 bridgehead atoms. The molecule has 0 aromatic rings. The number of ether oxygens (including phenoxy) is 1. The second kappa shape index (κ2) is 7.22. The zero-order valence-electron chi connectivity index (χ0n) is 11.8. The number of rotatable bonds is 8. The van der Waals surface area contributed by atoms with Crippen molar-refractivity contribution in [3.63, 3.8) is 0 Å². The molecule has 0 aromatic carbocycles. The molecule has 0 rings (SSSR count). The van der Waals surface area contributed by atoms with Crippen molar-refractivity contribution < 1.29 is 4.74 Å². The molecule has 0 amide bonds. The van der Waals surface area contributed by atoms with E-state index in [0.29, 0.717) is 6.54 Å². The van der Waals surface area contributed by atoms with Crippen molar-refractivity contribution in [1.82, 2.24) is 9.80 Å². The minimum atomic E-state index is -0.0823. The van der Waals surface area contributed by atoms with Crippen LogP contribution in [0.4, 0.5) is 0 Å². The molecule has 0 heterocycles. The monoisotopic (exact) mass is 231 g/mol. The van der Waals surface area contributed by atoms with E-state index in [2.05, 4.69) is 44.8 Å². The average Bonchev–Trinajstić information content (AvgIpc) is 2.26. The van der Waals surface area contributed by atoms with Crippen LogP contribution in [0.1, 0.15) is 20.3 Å². The zero-order valence-corrected chi connectivity index (χ0v) is 11.8. The Morgan fingerprint density at radius 3 is 2.19 bits per heavy atom. The summed E-state index contributed by atoms with van der Waals surface area (Å²) in [6.07, 6.45) is 1.29. The first-order valence-electron chi connectivity index (χ1n) is 5.97. The average molecular weight is 231 g/mol. The third-order valence-electron chi connectivity index (χ3n) is 3.61. The lowest BCUT2D eigenvalue weighted by Crippen LogP contribution is -2.57. The maximum Gasteiger partial charge on any atom is 0.0736 e. The minimum Gasteiger partial charge on any atom is -0.380 e. The lowest BCUT2D eigenvalue weighted by molar-refractivity contribution is -0.0202. The van der Waals surface area contributed by atoms with E-state index in [1.54, 1.807) is 7.11 Å². The summed E-state index contributed by atoms with van der Waals surface area (Å²) in [5, 5.41) is 0. The fourth-order valence-corrected chi connectivity index (χ4v) is 1.77. The van der Waals surface area contributed by atoms with Crippen molar-refractivity contribution in [3.8, 4) is 0 Å². The Hall–Kier alpha value is -0.160. The van der Waals surface area contributed by atoms with Crippen LogP contribution in [0.2, 0.25) is 0 Å². The first kappa shape index (κ1) is 15.8. The van der Waals surface area contributed by atoms with Crippen molar-refractivity contribution in [3.05, 3.63) is 0 Å². The minimum absolute atomic E-state index is 0.0823. The fraction of sp³-hybridized carbons (Fsp3) is 1.00. The largest absolute Gasteiger partial charge is 0.380 e. The number of nitrogens with two attached hydrogens (primary N) is 1. The number of likely N-dealkylation sites (N-methyl/N-ethyl adjacent to an activating group) is 1. The summed E-state index contributed by atoms with van der Waals surface area (Å²) in [6.45, 7) is 7.00. The summed E-state index contributed by atoms with van der Waals surface area (Å²) in [5.74, 6) is 0. The molecule has 0 aromatic heterocycles. The Morgan fingerprint density at radius 2 is 1.81 bits per heavy atom. The van der Waals surface area contributed by atoms with Crippen LogP contribution in [-0.4, -0.2) is 69.3 Å². The summed E-state index contributed by atoms with van der Waals surface area (Å²) >= 11 is 0. The third-order valence-corrected chi connectivity index (χ3v) is 3.61. The molecule has 4 nitrogen and oxygen atoms in total. The van der Waals surface area contributed by atoms with Crippen LogP contribution in [-0.2, 0) is 4.74 Å². The zero-order chi connectivity index (χ0) is 12.8. The summed E-state index contributed by atoms with van der Waals surface area (Å²) in [5.41, 5.74) is 5.80. The number of methoxy groups -OCH3 is 1. The fourth-order valence-electron chi connectivity index (χ4n) is 1.77. The predicted molar refractivity (Wildman–Crippen MR) is 69.7 cm³/mol. The highest BCUT2D eigenvalue weighted by Crippen LogP contribution is 2.19. The molecular weight excluding hydrogens is 202 g/mol. The Morgan fingerprint density at radius 1 is 1.25 bits per heavy atom. The third kappa shape index (κ3) is 4.37. The predicted octanol–water partition coefficient (Wildman–Crippen LogP) is 0.622. The van der Waals surface area contributed by atoms with Gasteiger partial charge in [-0.25, -0.2) is 0 Å². The summed E-state index contributed by atoms with van der Waals surface area (Å²) in [4.78, 5) is 4.51. The van der Waals surface area contributed by atoms with Crippen LogP contribution in [0, 0.1) is 0 Å². The van der Waals surface area contributed by atoms with E-state index >= 15 is 0 Å². The van der Waals surface area contributed by atoms with Crippen LogP contribution in [0.3, 0.4) is 0 Å². The van der Waals surface area contributed by atoms with Crippen molar-refractivity contribution in [2.75, 3.05) is 47.9 Å². The molecule has 0 aliphatic heterocycles. The number of hydrogen-bond donors (Lipinski definition) is 1. The summed E-state index contributed by atoms with van der Waals surface area (Å²) < 4.78 is 5.42. The Bertz CT molecular complexity index is 187. The first-order chi connectivity index (χ1) is 7.38. The first-order valence-corrected chi connectivity index (χ1v) is 5.97. The van der Waals surface area contributed by atoms with Crippen LogP contribution in [0.25, 0.3) is 0 Å². The molecule has 0 fully saturated rings. The smallest absolute Gasteiger partial charge is 0.0736 e. The molecule has 16 heavy (non-hydrogen) atoms. The molecule has 0 spiro atoms. The van der Waals surface area contributed by atoms with E-state index in [1.165, 1.54) is 0 Å². The van der Waals surface area contributed by atoms with Crippen LogP contribution >= 0.6 is 0 Å². The lowest BCUT2D eigenvalue weighted by Gasteiger charge is -2.42. The van der Waals surface area contributed by atoms with Gasteiger partial charge in [0.2, 0.25) is 0 Å². The Kier molecular flexibility index (Phi) is 7.15. The van der Waals surface area contributed by atoms with Gasteiger partial charge in [0.1, 0.15) is 0 Å². The van der Waals surface area contributed by atoms with Gasteiger partial charge >= 0.3 is 0 Å². The van der Waals surface area contributed by atoms with Gasteiger partial charge in [0, 0.05) is 13.7 Å². The van der Waals surface area contributed by atoms with Gasteiger partial charge in [-0.3, -0.25) is 4.90 Å². The van der Waals surface area contributed by atoms with Gasteiger partial charge < -0.3 is 15.4 Å². The highest BCUT2D eigenvalue weighted by Gasteiger charge is 2.33. The molecular formula is C12H29N3O. The molecule has 2 atom stereocenters. The van der Waals surface area contributed by atoms with E-state index in [4.69, 9.17) is 10.5 Å². The van der Waals surface area contributed by atoms with Crippen LogP contribution in [0.5, 0.6) is 0 Å². The molecule has 2 unspecified atom stereocenters. The highest BCUT2D eigenvalue weighted by atomic mass is 16.5. The maximum absolute atomic E-state index is 5.88. The van der Waals surface area contributed by atoms with Crippen LogP contribution in [0.15, 0.2) is 0 Å². The van der Waals surface area contributed by atoms with Gasteiger partial charge in [0.15, 0.2) is 0 Å². The van der Waals surface area contributed by atoms with E-state index in [-0.39, 0.29) is 11.6 Å². The van der Waals surface area contributed by atoms with Crippen molar-refractivity contribution in [2.45, 2.75) is 31.9 Å². The summed E-state index contributed by atoms with van der Waals surface area (Å²) in [7, 11) is 8.06. The van der Waals surface area contributed by atoms with Crippen LogP contribution < -0.4 is 5.73 Å². The molecule has 0 saturated carbocycles. The van der Waals surface area contributed by atoms with Crippen molar-refractivity contribution in [2.24, 2.45) is 5.73 Å². The summed E-state index contributed by atoms with van der Waals surface area (Å²) in [6, 6.07) is 0.